The van der Waals surface area contributed by atoms with Gasteiger partial charge in [0.05, 0.1) is 5.69 Å². The molecule has 0 radical (unpaired) electrons. The van der Waals surface area contributed by atoms with Gasteiger partial charge in [0.1, 0.15) is 0 Å². The number of rotatable bonds is 3. The predicted molar refractivity (Wildman–Crippen MR) is 73.3 cm³/mol. The molecule has 0 atom stereocenters. The van der Waals surface area contributed by atoms with E-state index in [9.17, 15) is 13.6 Å². The fourth-order valence-corrected chi connectivity index (χ4v) is 2.57. The Labute approximate surface area is 116 Å². The zero-order valence-electron chi connectivity index (χ0n) is 11.5. The minimum Gasteiger partial charge on any atom is -0.369 e. The van der Waals surface area contributed by atoms with Crippen LogP contribution in [-0.4, -0.2) is 26.0 Å². The number of amides is 1. The molecule has 1 saturated heterocycles. The summed E-state index contributed by atoms with van der Waals surface area (Å²) < 4.78 is 27.7. The van der Waals surface area contributed by atoms with Gasteiger partial charge in [0, 0.05) is 38.2 Å². The van der Waals surface area contributed by atoms with Crippen LogP contribution in [0.1, 0.15) is 18.4 Å². The number of benzene rings is 1. The summed E-state index contributed by atoms with van der Waals surface area (Å²) in [5.41, 5.74) is 5.77. The van der Waals surface area contributed by atoms with Crippen molar-refractivity contribution in [1.29, 1.82) is 0 Å². The van der Waals surface area contributed by atoms with Gasteiger partial charge in [-0.3, -0.25) is 4.79 Å². The van der Waals surface area contributed by atoms with Gasteiger partial charge < -0.3 is 16.0 Å². The molecule has 1 aliphatic heterocycles. The summed E-state index contributed by atoms with van der Waals surface area (Å²) in [6, 6.07) is 3.07. The fraction of sp³-hybridized carbons (Fsp3) is 0.500. The van der Waals surface area contributed by atoms with Crippen LogP contribution in [-0.2, 0) is 11.3 Å². The van der Waals surface area contributed by atoms with Crippen molar-refractivity contribution < 1.29 is 13.6 Å². The quantitative estimate of drug-likeness (QED) is 0.881. The van der Waals surface area contributed by atoms with Gasteiger partial charge in [-0.15, -0.1) is 0 Å². The molecule has 110 valence electrons. The van der Waals surface area contributed by atoms with E-state index in [0.717, 1.165) is 0 Å². The third-order valence-corrected chi connectivity index (χ3v) is 3.81. The van der Waals surface area contributed by atoms with Gasteiger partial charge in [-0.05, 0) is 18.9 Å². The van der Waals surface area contributed by atoms with Gasteiger partial charge >= 0.3 is 0 Å². The van der Waals surface area contributed by atoms with E-state index in [4.69, 9.17) is 5.73 Å². The Bertz CT molecular complexity index is 499. The number of carbonyl (C=O) groups excluding carboxylic acids is 1. The molecule has 1 aromatic rings. The first-order chi connectivity index (χ1) is 9.58. The van der Waals surface area contributed by atoms with Crippen LogP contribution in [0.25, 0.3) is 0 Å². The normalized spacial score (nSPS) is 16.3. The van der Waals surface area contributed by atoms with Gasteiger partial charge in [0.2, 0.25) is 5.91 Å². The van der Waals surface area contributed by atoms with Crippen molar-refractivity contribution in [2.24, 2.45) is 11.7 Å². The van der Waals surface area contributed by atoms with Gasteiger partial charge in [0.25, 0.3) is 0 Å². The van der Waals surface area contributed by atoms with Crippen LogP contribution in [0.3, 0.4) is 0 Å². The molecule has 6 heteroatoms. The molecule has 3 N–H and O–H groups in total. The van der Waals surface area contributed by atoms with Crippen LogP contribution < -0.4 is 16.0 Å². The summed E-state index contributed by atoms with van der Waals surface area (Å²) in [6.45, 7) is 1.05. The Morgan fingerprint density at radius 2 is 2.00 bits per heavy atom. The van der Waals surface area contributed by atoms with E-state index in [2.05, 4.69) is 5.32 Å². The van der Waals surface area contributed by atoms with Crippen molar-refractivity contribution in [2.75, 3.05) is 25.0 Å². The van der Waals surface area contributed by atoms with Crippen molar-refractivity contribution >= 4 is 11.6 Å². The summed E-state index contributed by atoms with van der Waals surface area (Å²) in [7, 11) is 1.61. The zero-order chi connectivity index (χ0) is 14.7. The lowest BCUT2D eigenvalue weighted by atomic mass is 9.95. The van der Waals surface area contributed by atoms with E-state index >= 15 is 0 Å². The smallest absolute Gasteiger partial charge is 0.222 e. The Morgan fingerprint density at radius 1 is 1.35 bits per heavy atom. The Balaban J connectivity index is 2.11. The Morgan fingerprint density at radius 3 is 2.55 bits per heavy atom. The number of halogens is 2. The molecule has 1 amide bonds. The number of hydrogen-bond acceptors (Lipinski definition) is 3. The number of anilines is 1. The van der Waals surface area contributed by atoms with E-state index in [1.807, 2.05) is 0 Å². The fourth-order valence-electron chi connectivity index (χ4n) is 2.57. The summed E-state index contributed by atoms with van der Waals surface area (Å²) in [6.07, 6.45) is 1.28. The Hall–Kier alpha value is -1.69. The second kappa shape index (κ2) is 6.17. The standard InChI is InChI=1S/C14H19F2N3O/c1-18-14(20)9-4-6-19(7-5-9)11-3-2-10(8-17)12(15)13(11)16/h2-3,9H,4-8,17H2,1H3,(H,18,20). The van der Waals surface area contributed by atoms with Crippen molar-refractivity contribution in [2.45, 2.75) is 19.4 Å². The van der Waals surface area contributed by atoms with Gasteiger partial charge in [0.15, 0.2) is 11.6 Å². The molecule has 1 heterocycles. The molecule has 4 nitrogen and oxygen atoms in total. The van der Waals surface area contributed by atoms with Crippen LogP contribution in [0.15, 0.2) is 12.1 Å². The van der Waals surface area contributed by atoms with Gasteiger partial charge in [-0.2, -0.15) is 0 Å². The summed E-state index contributed by atoms with van der Waals surface area (Å²) in [5, 5.41) is 2.62. The second-order valence-electron chi connectivity index (χ2n) is 4.95. The molecule has 1 fully saturated rings. The number of nitrogens with one attached hydrogen (secondary N) is 1. The zero-order valence-corrected chi connectivity index (χ0v) is 11.5. The van der Waals surface area contributed by atoms with E-state index in [1.165, 1.54) is 6.07 Å². The maximum atomic E-state index is 14.0. The first-order valence-corrected chi connectivity index (χ1v) is 6.72. The van der Waals surface area contributed by atoms with Gasteiger partial charge in [-0.1, -0.05) is 6.07 Å². The molecule has 1 aromatic carbocycles. The van der Waals surface area contributed by atoms with E-state index in [1.54, 1.807) is 18.0 Å². The maximum Gasteiger partial charge on any atom is 0.222 e. The largest absolute Gasteiger partial charge is 0.369 e. The van der Waals surface area contributed by atoms with Crippen molar-refractivity contribution in [1.82, 2.24) is 5.32 Å². The minimum absolute atomic E-state index is 0.00906. The number of carbonyl (C=O) groups is 1. The van der Waals surface area contributed by atoms with Crippen LogP contribution in [0, 0.1) is 17.6 Å². The third-order valence-electron chi connectivity index (χ3n) is 3.81. The van der Waals surface area contributed by atoms with Crippen molar-refractivity contribution in [3.63, 3.8) is 0 Å². The topological polar surface area (TPSA) is 58.4 Å². The van der Waals surface area contributed by atoms with Gasteiger partial charge in [-0.25, -0.2) is 8.78 Å². The Kier molecular flexibility index (Phi) is 4.54. The highest BCUT2D eigenvalue weighted by atomic mass is 19.2. The van der Waals surface area contributed by atoms with Crippen LogP contribution in [0.4, 0.5) is 14.5 Å². The number of nitrogens with two attached hydrogens (primary N) is 1. The number of nitrogens with zero attached hydrogens (tertiary/aromatic N) is 1. The first-order valence-electron chi connectivity index (χ1n) is 6.72. The highest BCUT2D eigenvalue weighted by Crippen LogP contribution is 2.28. The monoisotopic (exact) mass is 283 g/mol. The molecule has 2 rings (SSSR count). The third kappa shape index (κ3) is 2.75. The molecule has 1 aliphatic rings. The minimum atomic E-state index is -0.876. The van der Waals surface area contributed by atoms with E-state index in [-0.39, 0.29) is 29.6 Å². The number of hydrogen-bond donors (Lipinski definition) is 2. The molecule has 0 saturated carbocycles. The molecule has 0 spiro atoms. The van der Waals surface area contributed by atoms with Crippen molar-refractivity contribution in [3.8, 4) is 0 Å². The number of piperidine rings is 1. The van der Waals surface area contributed by atoms with Crippen LogP contribution in [0.5, 0.6) is 0 Å². The summed E-state index contributed by atoms with van der Waals surface area (Å²) in [4.78, 5) is 13.3. The van der Waals surface area contributed by atoms with E-state index < -0.39 is 11.6 Å². The average Bonchev–Trinajstić information content (AvgIpc) is 2.49. The SMILES string of the molecule is CNC(=O)C1CCN(c2ccc(CN)c(F)c2F)CC1. The lowest BCUT2D eigenvalue weighted by molar-refractivity contribution is -0.125. The van der Waals surface area contributed by atoms with Crippen LogP contribution >= 0.6 is 0 Å². The maximum absolute atomic E-state index is 14.0. The molecular formula is C14H19F2N3O. The average molecular weight is 283 g/mol. The molecule has 0 aliphatic carbocycles. The molecule has 0 aromatic heterocycles. The van der Waals surface area contributed by atoms with E-state index in [0.29, 0.717) is 25.9 Å². The van der Waals surface area contributed by atoms with Crippen LogP contribution in [0.2, 0.25) is 0 Å². The second-order valence-corrected chi connectivity index (χ2v) is 4.95. The molecule has 0 unspecified atom stereocenters. The molecule has 0 bridgehead atoms. The summed E-state index contributed by atoms with van der Waals surface area (Å²) >= 11 is 0. The highest BCUT2D eigenvalue weighted by molar-refractivity contribution is 5.78. The lowest BCUT2D eigenvalue weighted by Gasteiger charge is -2.33. The lowest BCUT2D eigenvalue weighted by Crippen LogP contribution is -2.40. The van der Waals surface area contributed by atoms with Crippen molar-refractivity contribution in [3.05, 3.63) is 29.3 Å². The highest BCUT2D eigenvalue weighted by Gasteiger charge is 2.26. The molecular weight excluding hydrogens is 264 g/mol. The predicted octanol–water partition coefficient (Wildman–Crippen LogP) is 1.39. The molecule has 20 heavy (non-hydrogen) atoms. The first kappa shape index (κ1) is 14.7. The summed E-state index contributed by atoms with van der Waals surface area (Å²) in [5.74, 6) is -1.77.